The number of hydrogen-bond donors (Lipinski definition) is 0. The van der Waals surface area contributed by atoms with Gasteiger partial charge in [0.1, 0.15) is 0 Å². The lowest BCUT2D eigenvalue weighted by Gasteiger charge is -2.36. The van der Waals surface area contributed by atoms with Crippen molar-refractivity contribution in [3.05, 3.63) is 63.6 Å². The van der Waals surface area contributed by atoms with E-state index < -0.39 is 0 Å². The van der Waals surface area contributed by atoms with Gasteiger partial charge in [-0.2, -0.15) is 4.39 Å². The Labute approximate surface area is 178 Å². The Balaban J connectivity index is 1.24. The van der Waals surface area contributed by atoms with Gasteiger partial charge in [0.25, 0.3) is 0 Å². The topological polar surface area (TPSA) is 33.4 Å². The van der Waals surface area contributed by atoms with E-state index in [-0.39, 0.29) is 10.8 Å². The second-order valence-electron chi connectivity index (χ2n) is 8.04. The fourth-order valence-electron chi connectivity index (χ4n) is 4.50. The fraction of sp³-hybridized carbons (Fsp3) is 0.348. The van der Waals surface area contributed by atoms with Crippen molar-refractivity contribution in [2.75, 3.05) is 37.6 Å². The van der Waals surface area contributed by atoms with Crippen molar-refractivity contribution in [1.29, 1.82) is 0 Å². The number of thiophene rings is 1. The summed E-state index contributed by atoms with van der Waals surface area (Å²) >= 11 is 1.21. The number of nitrogens with zero attached hydrogens (tertiary/aromatic N) is 4. The van der Waals surface area contributed by atoms with Gasteiger partial charge in [-0.05, 0) is 42.3 Å². The zero-order chi connectivity index (χ0) is 20.8. The van der Waals surface area contributed by atoms with Crippen molar-refractivity contribution in [1.82, 2.24) is 14.0 Å². The molecular weight excluding hydrogens is 399 g/mol. The van der Waals surface area contributed by atoms with E-state index in [2.05, 4.69) is 28.0 Å². The number of piperazine rings is 1. The maximum atomic E-state index is 13.7. The molecule has 1 saturated heterocycles. The molecule has 3 heterocycles. The van der Waals surface area contributed by atoms with Gasteiger partial charge in [-0.3, -0.25) is 14.0 Å². The van der Waals surface area contributed by atoms with E-state index in [1.807, 2.05) is 32.3 Å². The number of aryl methyl sites for hydroxylation is 2. The van der Waals surface area contributed by atoms with Crippen molar-refractivity contribution in [2.24, 2.45) is 14.1 Å². The van der Waals surface area contributed by atoms with Gasteiger partial charge in [0.2, 0.25) is 0 Å². The Morgan fingerprint density at radius 1 is 0.967 bits per heavy atom. The third-order valence-corrected chi connectivity index (χ3v) is 7.16. The molecule has 0 spiro atoms. The maximum absolute atomic E-state index is 13.7. The molecule has 5 nitrogen and oxygen atoms in total. The van der Waals surface area contributed by atoms with Gasteiger partial charge in [0.15, 0.2) is 5.13 Å². The summed E-state index contributed by atoms with van der Waals surface area (Å²) in [7, 11) is 3.64. The Hall–Kier alpha value is -2.64. The summed E-state index contributed by atoms with van der Waals surface area (Å²) in [4.78, 5) is 17.0. The average Bonchev–Trinajstić information content (AvgIpc) is 3.25. The molecule has 1 aliphatic rings. The molecule has 30 heavy (non-hydrogen) atoms. The molecule has 0 N–H and O–H groups in total. The molecule has 0 aliphatic carbocycles. The highest BCUT2D eigenvalue weighted by Crippen LogP contribution is 2.33. The molecule has 0 bridgehead atoms. The quantitative estimate of drug-likeness (QED) is 0.502. The van der Waals surface area contributed by atoms with Gasteiger partial charge in [-0.15, -0.1) is 11.3 Å². The highest BCUT2D eigenvalue weighted by molar-refractivity contribution is 7.17. The molecule has 0 radical (unpaired) electrons. The summed E-state index contributed by atoms with van der Waals surface area (Å²) < 4.78 is 18.1. The first-order chi connectivity index (χ1) is 14.5. The zero-order valence-corrected chi connectivity index (χ0v) is 18.1. The molecule has 0 atom stereocenters. The first kappa shape index (κ1) is 19.3. The SMILES string of the molecule is Cn1c(=O)n(C)c2cc(CCN3CCN(c4cccc5sc(F)cc45)CC3)ccc21. The summed E-state index contributed by atoms with van der Waals surface area (Å²) in [5, 5.41) is 0.902. The Morgan fingerprint density at radius 3 is 2.53 bits per heavy atom. The summed E-state index contributed by atoms with van der Waals surface area (Å²) in [6, 6.07) is 14.1. The predicted octanol–water partition coefficient (Wildman–Crippen LogP) is 3.60. The molecule has 1 aliphatic heterocycles. The smallest absolute Gasteiger partial charge is 0.328 e. The van der Waals surface area contributed by atoms with Crippen LogP contribution in [0.2, 0.25) is 0 Å². The lowest BCUT2D eigenvalue weighted by atomic mass is 10.1. The van der Waals surface area contributed by atoms with Crippen molar-refractivity contribution >= 4 is 38.1 Å². The normalized spacial score (nSPS) is 15.5. The number of fused-ring (bicyclic) bond motifs is 2. The van der Waals surface area contributed by atoms with Crippen LogP contribution in [0.4, 0.5) is 10.1 Å². The van der Waals surface area contributed by atoms with Crippen molar-refractivity contribution in [3.63, 3.8) is 0 Å². The van der Waals surface area contributed by atoms with Crippen LogP contribution in [0.5, 0.6) is 0 Å². The number of hydrogen-bond acceptors (Lipinski definition) is 4. The van der Waals surface area contributed by atoms with E-state index in [0.717, 1.165) is 66.0 Å². The second kappa shape index (κ2) is 7.56. The lowest BCUT2D eigenvalue weighted by Crippen LogP contribution is -2.47. The Bertz CT molecular complexity index is 1280. The molecule has 2 aromatic carbocycles. The van der Waals surface area contributed by atoms with Crippen molar-refractivity contribution in [3.8, 4) is 0 Å². The van der Waals surface area contributed by atoms with Crippen LogP contribution < -0.4 is 10.6 Å². The van der Waals surface area contributed by atoms with Crippen LogP contribution in [0, 0.1) is 5.13 Å². The summed E-state index contributed by atoms with van der Waals surface area (Å²) in [5.74, 6) is 0. The van der Waals surface area contributed by atoms with Crippen LogP contribution in [-0.4, -0.2) is 46.8 Å². The van der Waals surface area contributed by atoms with Crippen LogP contribution in [0.25, 0.3) is 21.1 Å². The number of rotatable bonds is 4. The largest absolute Gasteiger partial charge is 0.368 e. The maximum Gasteiger partial charge on any atom is 0.328 e. The van der Waals surface area contributed by atoms with E-state index >= 15 is 0 Å². The number of imidazole rings is 1. The minimum atomic E-state index is -0.121. The van der Waals surface area contributed by atoms with E-state index in [1.54, 1.807) is 15.2 Å². The van der Waals surface area contributed by atoms with Gasteiger partial charge in [0.05, 0.1) is 11.0 Å². The van der Waals surface area contributed by atoms with E-state index in [1.165, 1.54) is 16.9 Å². The molecule has 0 unspecified atom stereocenters. The zero-order valence-electron chi connectivity index (χ0n) is 17.3. The number of halogens is 1. The van der Waals surface area contributed by atoms with Crippen LogP contribution in [0.15, 0.2) is 47.3 Å². The van der Waals surface area contributed by atoms with Crippen LogP contribution >= 0.6 is 11.3 Å². The summed E-state index contributed by atoms with van der Waals surface area (Å²) in [5.41, 5.74) is 4.37. The number of benzene rings is 2. The molecule has 2 aromatic heterocycles. The van der Waals surface area contributed by atoms with Crippen LogP contribution in [-0.2, 0) is 20.5 Å². The third-order valence-electron chi connectivity index (χ3n) is 6.27. The molecule has 4 aromatic rings. The fourth-order valence-corrected chi connectivity index (χ4v) is 5.30. The average molecular weight is 425 g/mol. The number of anilines is 1. The van der Waals surface area contributed by atoms with Crippen molar-refractivity contribution < 1.29 is 4.39 Å². The first-order valence-corrected chi connectivity index (χ1v) is 11.1. The van der Waals surface area contributed by atoms with E-state index in [9.17, 15) is 9.18 Å². The molecule has 156 valence electrons. The first-order valence-electron chi connectivity index (χ1n) is 10.3. The Kier molecular flexibility index (Phi) is 4.87. The third kappa shape index (κ3) is 3.32. The highest BCUT2D eigenvalue weighted by atomic mass is 32.1. The summed E-state index contributed by atoms with van der Waals surface area (Å²) in [6.45, 7) is 4.88. The molecule has 0 saturated carbocycles. The van der Waals surface area contributed by atoms with Gasteiger partial charge in [-0.25, -0.2) is 4.79 Å². The second-order valence-corrected chi connectivity index (χ2v) is 9.08. The molecule has 1 fully saturated rings. The monoisotopic (exact) mass is 424 g/mol. The minimum Gasteiger partial charge on any atom is -0.368 e. The van der Waals surface area contributed by atoms with E-state index in [4.69, 9.17) is 0 Å². The predicted molar refractivity (Wildman–Crippen MR) is 122 cm³/mol. The van der Waals surface area contributed by atoms with E-state index in [0.29, 0.717) is 0 Å². The van der Waals surface area contributed by atoms with Crippen LogP contribution in [0.3, 0.4) is 0 Å². The molecular formula is C23H25FN4OS. The molecule has 0 amide bonds. The standard InChI is InChI=1S/C23H25FN4OS/c1-25-19-7-6-16(14-20(19)26(2)23(25)29)8-9-27-10-12-28(13-11-27)18-4-3-5-21-17(18)15-22(24)30-21/h3-7,14-15H,8-13H2,1-2H3. The lowest BCUT2D eigenvalue weighted by molar-refractivity contribution is 0.261. The van der Waals surface area contributed by atoms with Crippen LogP contribution in [0.1, 0.15) is 5.56 Å². The van der Waals surface area contributed by atoms with Gasteiger partial charge in [-0.1, -0.05) is 12.1 Å². The summed E-state index contributed by atoms with van der Waals surface area (Å²) in [6.07, 6.45) is 0.963. The minimum absolute atomic E-state index is 0.0128. The van der Waals surface area contributed by atoms with Gasteiger partial charge >= 0.3 is 5.69 Å². The Morgan fingerprint density at radius 2 is 1.73 bits per heavy atom. The van der Waals surface area contributed by atoms with Gasteiger partial charge < -0.3 is 4.90 Å². The molecule has 5 rings (SSSR count). The van der Waals surface area contributed by atoms with Crippen molar-refractivity contribution in [2.45, 2.75) is 6.42 Å². The van der Waals surface area contributed by atoms with Gasteiger partial charge in [0, 0.05) is 62.6 Å². The number of aromatic nitrogens is 2. The highest BCUT2D eigenvalue weighted by Gasteiger charge is 2.19. The molecule has 7 heteroatoms.